The van der Waals surface area contributed by atoms with Gasteiger partial charge in [-0.2, -0.15) is 0 Å². The predicted octanol–water partition coefficient (Wildman–Crippen LogP) is 0.0335. The minimum absolute atomic E-state index is 0.260. The number of nitrogens with two attached hydrogens (primary N) is 2. The second-order valence-corrected chi connectivity index (χ2v) is 6.34. The van der Waals surface area contributed by atoms with Crippen LogP contribution in [-0.2, 0) is 14.4 Å². The molecule has 1 aromatic rings. The van der Waals surface area contributed by atoms with Crippen LogP contribution < -0.4 is 32.7 Å². The molecule has 0 radical (unpaired) electrons. The summed E-state index contributed by atoms with van der Waals surface area (Å²) in [5.41, 5.74) is 11.5. The Morgan fingerprint density at radius 3 is 2.23 bits per heavy atom. The van der Waals surface area contributed by atoms with Gasteiger partial charge in [0.15, 0.2) is 0 Å². The van der Waals surface area contributed by atoms with Gasteiger partial charge in [0.05, 0.1) is 6.04 Å². The number of anilines is 2. The summed E-state index contributed by atoms with van der Waals surface area (Å²) in [6, 6.07) is 4.08. The number of rotatable bonds is 10. The Bertz CT molecular complexity index is 827. The van der Waals surface area contributed by atoms with Crippen LogP contribution >= 0.6 is 0 Å². The minimum atomic E-state index is -0.855. The molecule has 0 aliphatic carbocycles. The van der Waals surface area contributed by atoms with E-state index in [0.717, 1.165) is 0 Å². The predicted molar refractivity (Wildman–Crippen MR) is 114 cm³/mol. The van der Waals surface area contributed by atoms with Gasteiger partial charge in [0, 0.05) is 24.0 Å². The summed E-state index contributed by atoms with van der Waals surface area (Å²) in [6.07, 6.45) is 8.22. The highest BCUT2D eigenvalue weighted by Crippen LogP contribution is 2.14. The number of primary amides is 1. The van der Waals surface area contributed by atoms with Gasteiger partial charge >= 0.3 is 6.03 Å². The number of benzene rings is 1. The standard InChI is InChI=1S/C20H26N6O4/c1-3-4-7-17(27)24-14-8-10-15(11-9-14)25-19(29)16(26-18(28)13(2)21)6-5-12-23-20(22)30/h1,4,7-11,13,16H,5-6,12,21H2,2H3,(H,24,27)(H,25,29)(H,26,28)(H3,22,23,30)/b7-4-/t13-,16-/m0/s1. The van der Waals surface area contributed by atoms with Gasteiger partial charge in [0.1, 0.15) is 6.04 Å². The van der Waals surface area contributed by atoms with E-state index in [1.165, 1.54) is 19.1 Å². The summed E-state index contributed by atoms with van der Waals surface area (Å²) >= 11 is 0. The summed E-state index contributed by atoms with van der Waals surface area (Å²) in [5, 5.41) is 10.3. The van der Waals surface area contributed by atoms with E-state index >= 15 is 0 Å². The van der Waals surface area contributed by atoms with Crippen molar-refractivity contribution in [2.45, 2.75) is 31.8 Å². The number of carbonyl (C=O) groups excluding carboxylic acids is 4. The van der Waals surface area contributed by atoms with E-state index < -0.39 is 29.9 Å². The molecule has 1 rings (SSSR count). The smallest absolute Gasteiger partial charge is 0.312 e. The lowest BCUT2D eigenvalue weighted by Gasteiger charge is -2.20. The van der Waals surface area contributed by atoms with Crippen molar-refractivity contribution in [3.63, 3.8) is 0 Å². The number of allylic oxidation sites excluding steroid dienone is 1. The molecule has 2 atom stereocenters. The van der Waals surface area contributed by atoms with E-state index in [1.807, 2.05) is 0 Å². The lowest BCUT2D eigenvalue weighted by atomic mass is 10.1. The first-order chi connectivity index (χ1) is 14.2. The van der Waals surface area contributed by atoms with Gasteiger partial charge in [0.2, 0.25) is 17.7 Å². The minimum Gasteiger partial charge on any atom is -0.352 e. The molecule has 0 bridgehead atoms. The molecule has 10 nitrogen and oxygen atoms in total. The topological polar surface area (TPSA) is 168 Å². The molecule has 8 N–H and O–H groups in total. The summed E-state index contributed by atoms with van der Waals surface area (Å²) in [6.45, 7) is 1.76. The fraction of sp³-hybridized carbons (Fsp3) is 0.300. The molecule has 0 aliphatic heterocycles. The highest BCUT2D eigenvalue weighted by atomic mass is 16.2. The molecule has 0 unspecified atom stereocenters. The van der Waals surface area contributed by atoms with Crippen molar-refractivity contribution in [1.29, 1.82) is 0 Å². The molecule has 0 spiro atoms. The summed E-state index contributed by atoms with van der Waals surface area (Å²) in [4.78, 5) is 46.9. The van der Waals surface area contributed by atoms with Crippen molar-refractivity contribution in [2.24, 2.45) is 11.5 Å². The Hall–Kier alpha value is -3.84. The van der Waals surface area contributed by atoms with Gasteiger partial charge in [-0.1, -0.05) is 5.92 Å². The monoisotopic (exact) mass is 414 g/mol. The molecule has 0 heterocycles. The Morgan fingerprint density at radius 2 is 1.70 bits per heavy atom. The summed E-state index contributed by atoms with van der Waals surface area (Å²) in [7, 11) is 0. The van der Waals surface area contributed by atoms with E-state index in [1.54, 1.807) is 24.3 Å². The number of carbonyl (C=O) groups is 4. The van der Waals surface area contributed by atoms with Crippen LogP contribution in [0.5, 0.6) is 0 Å². The van der Waals surface area contributed by atoms with E-state index in [2.05, 4.69) is 27.2 Å². The molecular formula is C20H26N6O4. The van der Waals surface area contributed by atoms with Gasteiger partial charge < -0.3 is 32.7 Å². The van der Waals surface area contributed by atoms with Crippen LogP contribution in [0, 0.1) is 12.3 Å². The Labute approximate surface area is 174 Å². The van der Waals surface area contributed by atoms with E-state index in [0.29, 0.717) is 17.8 Å². The lowest BCUT2D eigenvalue weighted by Crippen LogP contribution is -2.49. The first kappa shape index (κ1) is 24.2. The van der Waals surface area contributed by atoms with Gasteiger partial charge in [-0.05, 0) is 50.1 Å². The molecule has 0 saturated heterocycles. The fourth-order valence-corrected chi connectivity index (χ4v) is 2.26. The molecule has 30 heavy (non-hydrogen) atoms. The van der Waals surface area contributed by atoms with Crippen LogP contribution in [-0.4, -0.2) is 42.4 Å². The van der Waals surface area contributed by atoms with Gasteiger partial charge in [-0.25, -0.2) is 4.79 Å². The first-order valence-electron chi connectivity index (χ1n) is 9.16. The number of nitrogens with one attached hydrogen (secondary N) is 4. The SMILES string of the molecule is C#C/C=C\C(=O)Nc1ccc(NC(=O)[C@H](CCCNC(N)=O)NC(=O)[C@H](C)N)cc1. The van der Waals surface area contributed by atoms with E-state index in [-0.39, 0.29) is 18.9 Å². The fourth-order valence-electron chi connectivity index (χ4n) is 2.26. The molecule has 10 heteroatoms. The number of urea groups is 1. The molecule has 0 aromatic heterocycles. The van der Waals surface area contributed by atoms with Crippen LogP contribution in [0.25, 0.3) is 0 Å². The van der Waals surface area contributed by atoms with Crippen molar-refractivity contribution < 1.29 is 19.2 Å². The van der Waals surface area contributed by atoms with Gasteiger partial charge in [-0.15, -0.1) is 6.42 Å². The van der Waals surface area contributed by atoms with Crippen molar-refractivity contribution in [3.8, 4) is 12.3 Å². The third-order valence-electron chi connectivity index (χ3n) is 3.77. The number of terminal acetylenes is 1. The zero-order valence-corrected chi connectivity index (χ0v) is 16.6. The van der Waals surface area contributed by atoms with Gasteiger partial charge in [-0.3, -0.25) is 14.4 Å². The molecular weight excluding hydrogens is 388 g/mol. The third-order valence-corrected chi connectivity index (χ3v) is 3.77. The normalized spacial score (nSPS) is 12.3. The van der Waals surface area contributed by atoms with Crippen molar-refractivity contribution in [1.82, 2.24) is 10.6 Å². The maximum Gasteiger partial charge on any atom is 0.312 e. The average Bonchev–Trinajstić information content (AvgIpc) is 2.69. The highest BCUT2D eigenvalue weighted by molar-refractivity contribution is 6.00. The Kier molecular flexibility index (Phi) is 10.2. The second kappa shape index (κ2) is 12.6. The number of hydrogen-bond acceptors (Lipinski definition) is 5. The Morgan fingerprint density at radius 1 is 1.10 bits per heavy atom. The quantitative estimate of drug-likeness (QED) is 0.180. The van der Waals surface area contributed by atoms with Crippen LogP contribution in [0.1, 0.15) is 19.8 Å². The highest BCUT2D eigenvalue weighted by Gasteiger charge is 2.22. The van der Waals surface area contributed by atoms with Crippen LogP contribution in [0.2, 0.25) is 0 Å². The average molecular weight is 414 g/mol. The van der Waals surface area contributed by atoms with Crippen LogP contribution in [0.15, 0.2) is 36.4 Å². The molecule has 0 aliphatic rings. The van der Waals surface area contributed by atoms with E-state index in [4.69, 9.17) is 17.9 Å². The van der Waals surface area contributed by atoms with Crippen molar-refractivity contribution in [3.05, 3.63) is 36.4 Å². The Balaban J connectivity index is 2.72. The first-order valence-corrected chi connectivity index (χ1v) is 9.16. The van der Waals surface area contributed by atoms with Crippen LogP contribution in [0.4, 0.5) is 16.2 Å². The van der Waals surface area contributed by atoms with Crippen molar-refractivity contribution >= 4 is 35.1 Å². The molecule has 1 aromatic carbocycles. The number of amides is 5. The van der Waals surface area contributed by atoms with Crippen LogP contribution in [0.3, 0.4) is 0 Å². The molecule has 160 valence electrons. The van der Waals surface area contributed by atoms with E-state index in [9.17, 15) is 19.2 Å². The zero-order chi connectivity index (χ0) is 22.5. The third kappa shape index (κ3) is 9.38. The maximum absolute atomic E-state index is 12.6. The number of hydrogen-bond donors (Lipinski definition) is 6. The summed E-state index contributed by atoms with van der Waals surface area (Å²) < 4.78 is 0. The second-order valence-electron chi connectivity index (χ2n) is 6.34. The van der Waals surface area contributed by atoms with Gasteiger partial charge in [0.25, 0.3) is 0 Å². The maximum atomic E-state index is 12.6. The lowest BCUT2D eigenvalue weighted by molar-refractivity contribution is -0.127. The van der Waals surface area contributed by atoms with Crippen molar-refractivity contribution in [2.75, 3.05) is 17.2 Å². The summed E-state index contributed by atoms with van der Waals surface area (Å²) in [5.74, 6) is 0.911. The zero-order valence-electron chi connectivity index (χ0n) is 16.6. The largest absolute Gasteiger partial charge is 0.352 e. The molecule has 5 amide bonds. The molecule has 0 fully saturated rings. The molecule has 0 saturated carbocycles.